The van der Waals surface area contributed by atoms with Gasteiger partial charge in [0.05, 0.1) is 12.7 Å². The molecule has 0 saturated carbocycles. The van der Waals surface area contributed by atoms with Crippen LogP contribution < -0.4 is 0 Å². The minimum absolute atomic E-state index is 0.370. The molecule has 2 aliphatic heterocycles. The van der Waals surface area contributed by atoms with Gasteiger partial charge in [0.1, 0.15) is 0 Å². The zero-order chi connectivity index (χ0) is 12.1. The second-order valence-corrected chi connectivity index (χ2v) is 5.76. The Kier molecular flexibility index (Phi) is 5.26. The van der Waals surface area contributed by atoms with Crippen LogP contribution in [0.4, 0.5) is 0 Å². The molecule has 2 saturated heterocycles. The van der Waals surface area contributed by atoms with Gasteiger partial charge in [0.25, 0.3) is 0 Å². The molecule has 100 valence electrons. The smallest absolute Gasteiger partial charge is 0.0596 e. The van der Waals surface area contributed by atoms with E-state index in [4.69, 9.17) is 4.74 Å². The average Bonchev–Trinajstić information content (AvgIpc) is 2.82. The Morgan fingerprint density at radius 1 is 1.12 bits per heavy atom. The van der Waals surface area contributed by atoms with Crippen LogP contribution in [0.3, 0.4) is 0 Å². The van der Waals surface area contributed by atoms with Crippen LogP contribution in [0.1, 0.15) is 39.5 Å². The van der Waals surface area contributed by atoms with Gasteiger partial charge in [0.2, 0.25) is 0 Å². The van der Waals surface area contributed by atoms with Gasteiger partial charge in [-0.25, -0.2) is 0 Å². The maximum Gasteiger partial charge on any atom is 0.0596 e. The third-order valence-corrected chi connectivity index (χ3v) is 4.00. The quantitative estimate of drug-likeness (QED) is 0.731. The first-order valence-electron chi connectivity index (χ1n) is 7.33. The molecule has 0 radical (unpaired) electrons. The molecule has 2 aliphatic rings. The van der Waals surface area contributed by atoms with E-state index in [1.165, 1.54) is 51.9 Å². The summed E-state index contributed by atoms with van der Waals surface area (Å²) in [6, 6.07) is 0.824. The summed E-state index contributed by atoms with van der Waals surface area (Å²) in [7, 11) is 0. The van der Waals surface area contributed by atoms with Crippen LogP contribution in [0.15, 0.2) is 0 Å². The van der Waals surface area contributed by atoms with Gasteiger partial charge >= 0.3 is 0 Å². The molecule has 0 aliphatic carbocycles. The molecule has 0 aromatic heterocycles. The lowest BCUT2D eigenvalue weighted by Gasteiger charge is -2.37. The molecular formula is C14H28N2O. The van der Waals surface area contributed by atoms with E-state index in [1.807, 2.05) is 0 Å². The van der Waals surface area contributed by atoms with Crippen molar-refractivity contribution in [1.29, 1.82) is 0 Å². The van der Waals surface area contributed by atoms with E-state index in [9.17, 15) is 0 Å². The van der Waals surface area contributed by atoms with Crippen molar-refractivity contribution in [2.24, 2.45) is 0 Å². The van der Waals surface area contributed by atoms with Crippen molar-refractivity contribution in [2.45, 2.75) is 51.7 Å². The van der Waals surface area contributed by atoms with E-state index in [0.717, 1.165) is 19.2 Å². The average molecular weight is 240 g/mol. The fourth-order valence-electron chi connectivity index (χ4n) is 3.06. The first-order valence-corrected chi connectivity index (χ1v) is 7.33. The molecule has 3 nitrogen and oxygen atoms in total. The third kappa shape index (κ3) is 4.23. The van der Waals surface area contributed by atoms with Gasteiger partial charge in [0.15, 0.2) is 0 Å². The van der Waals surface area contributed by atoms with E-state index in [0.29, 0.717) is 6.10 Å². The molecule has 0 aromatic carbocycles. The number of nitrogens with zero attached hydrogens (tertiary/aromatic N) is 2. The van der Waals surface area contributed by atoms with E-state index in [-0.39, 0.29) is 0 Å². The highest BCUT2D eigenvalue weighted by molar-refractivity contribution is 4.83. The lowest BCUT2D eigenvalue weighted by molar-refractivity contribution is 0.0416. The summed E-state index contributed by atoms with van der Waals surface area (Å²) in [5.74, 6) is 0. The van der Waals surface area contributed by atoms with Gasteiger partial charge in [0, 0.05) is 19.1 Å². The molecule has 1 atom stereocenters. The van der Waals surface area contributed by atoms with Crippen LogP contribution in [0.25, 0.3) is 0 Å². The van der Waals surface area contributed by atoms with Crippen LogP contribution in [-0.2, 0) is 4.74 Å². The minimum Gasteiger partial charge on any atom is -0.377 e. The SMILES string of the molecule is CC(C)OCCN1CCC[C@@H](N2CCCC2)C1. The van der Waals surface area contributed by atoms with Crippen LogP contribution in [0, 0.1) is 0 Å². The summed E-state index contributed by atoms with van der Waals surface area (Å²) in [6.07, 6.45) is 5.96. The van der Waals surface area contributed by atoms with Gasteiger partial charge < -0.3 is 4.74 Å². The maximum atomic E-state index is 5.65. The molecule has 0 spiro atoms. The molecule has 2 heterocycles. The monoisotopic (exact) mass is 240 g/mol. The third-order valence-electron chi connectivity index (χ3n) is 4.00. The van der Waals surface area contributed by atoms with E-state index in [2.05, 4.69) is 23.6 Å². The Morgan fingerprint density at radius 3 is 2.59 bits per heavy atom. The fraction of sp³-hybridized carbons (Fsp3) is 1.00. The van der Waals surface area contributed by atoms with Crippen LogP contribution in [0.5, 0.6) is 0 Å². The summed E-state index contributed by atoms with van der Waals surface area (Å²) in [5.41, 5.74) is 0. The van der Waals surface area contributed by atoms with Crippen LogP contribution >= 0.6 is 0 Å². The zero-order valence-electron chi connectivity index (χ0n) is 11.5. The van der Waals surface area contributed by atoms with E-state index in [1.54, 1.807) is 0 Å². The Hall–Kier alpha value is -0.120. The summed E-state index contributed by atoms with van der Waals surface area (Å²) in [5, 5.41) is 0. The molecule has 2 fully saturated rings. The van der Waals surface area contributed by atoms with Crippen molar-refractivity contribution in [3.63, 3.8) is 0 Å². The van der Waals surface area contributed by atoms with Crippen molar-refractivity contribution in [2.75, 3.05) is 39.3 Å². The molecule has 0 aromatic rings. The molecule has 3 heteroatoms. The standard InChI is InChI=1S/C14H28N2O/c1-13(2)17-11-10-15-7-5-6-14(12-15)16-8-3-4-9-16/h13-14H,3-12H2,1-2H3/t14-/m1/s1. The van der Waals surface area contributed by atoms with Crippen molar-refractivity contribution in [1.82, 2.24) is 9.80 Å². The number of hydrogen-bond acceptors (Lipinski definition) is 3. The molecule has 0 amide bonds. The maximum absolute atomic E-state index is 5.65. The molecule has 0 unspecified atom stereocenters. The summed E-state index contributed by atoms with van der Waals surface area (Å²) < 4.78 is 5.65. The highest BCUT2D eigenvalue weighted by Crippen LogP contribution is 2.20. The van der Waals surface area contributed by atoms with Gasteiger partial charge in [-0.15, -0.1) is 0 Å². The Bertz CT molecular complexity index is 214. The number of piperidine rings is 1. The molecule has 17 heavy (non-hydrogen) atoms. The first kappa shape index (κ1) is 13.3. The lowest BCUT2D eigenvalue weighted by Crippen LogP contribution is -2.47. The van der Waals surface area contributed by atoms with Crippen molar-refractivity contribution >= 4 is 0 Å². The number of rotatable bonds is 5. The highest BCUT2D eigenvalue weighted by Gasteiger charge is 2.26. The van der Waals surface area contributed by atoms with Gasteiger partial charge in [-0.05, 0) is 59.2 Å². The second-order valence-electron chi connectivity index (χ2n) is 5.76. The topological polar surface area (TPSA) is 15.7 Å². The van der Waals surface area contributed by atoms with Crippen LogP contribution in [0.2, 0.25) is 0 Å². The lowest BCUT2D eigenvalue weighted by atomic mass is 10.0. The summed E-state index contributed by atoms with van der Waals surface area (Å²) in [6.45, 7) is 11.4. The first-order chi connectivity index (χ1) is 8.25. The molecule has 2 rings (SSSR count). The van der Waals surface area contributed by atoms with Crippen molar-refractivity contribution < 1.29 is 4.74 Å². The summed E-state index contributed by atoms with van der Waals surface area (Å²) in [4.78, 5) is 5.30. The van der Waals surface area contributed by atoms with Gasteiger partial charge in [-0.3, -0.25) is 9.80 Å². The Labute approximate surface area is 106 Å². The van der Waals surface area contributed by atoms with Crippen molar-refractivity contribution in [3.8, 4) is 0 Å². The predicted molar refractivity (Wildman–Crippen MR) is 71.4 cm³/mol. The molecule has 0 N–H and O–H groups in total. The molecular weight excluding hydrogens is 212 g/mol. The number of likely N-dealkylation sites (tertiary alicyclic amines) is 2. The Morgan fingerprint density at radius 2 is 1.88 bits per heavy atom. The highest BCUT2D eigenvalue weighted by atomic mass is 16.5. The van der Waals surface area contributed by atoms with Crippen molar-refractivity contribution in [3.05, 3.63) is 0 Å². The van der Waals surface area contributed by atoms with E-state index < -0.39 is 0 Å². The number of hydrogen-bond donors (Lipinski definition) is 0. The molecule has 0 bridgehead atoms. The fourth-order valence-corrected chi connectivity index (χ4v) is 3.06. The predicted octanol–water partition coefficient (Wildman–Crippen LogP) is 1.97. The zero-order valence-corrected chi connectivity index (χ0v) is 11.5. The largest absolute Gasteiger partial charge is 0.377 e. The van der Waals surface area contributed by atoms with E-state index >= 15 is 0 Å². The van der Waals surface area contributed by atoms with Gasteiger partial charge in [-0.1, -0.05) is 0 Å². The van der Waals surface area contributed by atoms with Crippen LogP contribution in [-0.4, -0.2) is 61.3 Å². The number of ether oxygens (including phenoxy) is 1. The minimum atomic E-state index is 0.370. The second kappa shape index (κ2) is 6.72. The van der Waals surface area contributed by atoms with Gasteiger partial charge in [-0.2, -0.15) is 0 Å². The summed E-state index contributed by atoms with van der Waals surface area (Å²) >= 11 is 0. The normalized spacial score (nSPS) is 28.1. The Balaban J connectivity index is 1.69.